The van der Waals surface area contributed by atoms with E-state index in [1.807, 2.05) is 0 Å². The average molecular weight is 231 g/mol. The fourth-order valence-electron chi connectivity index (χ4n) is 1.57. The smallest absolute Gasteiger partial charge is 0.259 e. The van der Waals surface area contributed by atoms with Gasteiger partial charge in [0.15, 0.2) is 0 Å². The van der Waals surface area contributed by atoms with E-state index in [-0.39, 0.29) is 11.7 Å². The van der Waals surface area contributed by atoms with Crippen LogP contribution in [-0.4, -0.2) is 11.0 Å². The molecule has 0 atom stereocenters. The number of amides is 1. The maximum atomic E-state index is 11.9. The highest BCUT2D eigenvalue weighted by Crippen LogP contribution is 2.24. The minimum absolute atomic E-state index is 0.159. The van der Waals surface area contributed by atoms with Crippen molar-refractivity contribution in [2.24, 2.45) is 0 Å². The van der Waals surface area contributed by atoms with E-state index < -0.39 is 0 Å². The Morgan fingerprint density at radius 3 is 2.71 bits per heavy atom. The number of phenolic OH excluding ortho intramolecular Hbond substituents is 1. The first kappa shape index (κ1) is 11.3. The van der Waals surface area contributed by atoms with Gasteiger partial charge >= 0.3 is 0 Å². The Hall–Kier alpha value is -2.23. The van der Waals surface area contributed by atoms with Crippen molar-refractivity contribution < 1.29 is 14.3 Å². The molecule has 0 aliphatic carbocycles. The minimum atomic E-state index is -0.245. The molecule has 0 bridgehead atoms. The number of nitrogens with one attached hydrogen (secondary N) is 1. The van der Waals surface area contributed by atoms with Crippen LogP contribution in [0.25, 0.3) is 0 Å². The third-order valence-electron chi connectivity index (χ3n) is 2.66. The predicted octanol–water partition coefficient (Wildman–Crippen LogP) is 2.85. The van der Waals surface area contributed by atoms with Crippen LogP contribution in [0.3, 0.4) is 0 Å². The second-order valence-electron chi connectivity index (χ2n) is 3.79. The van der Waals surface area contributed by atoms with Crippen LogP contribution in [0.2, 0.25) is 0 Å². The van der Waals surface area contributed by atoms with Crippen LogP contribution >= 0.6 is 0 Å². The second-order valence-corrected chi connectivity index (χ2v) is 3.79. The number of hydrogen-bond acceptors (Lipinski definition) is 3. The highest BCUT2D eigenvalue weighted by molar-refractivity contribution is 6.05. The Morgan fingerprint density at radius 2 is 2.06 bits per heavy atom. The Kier molecular flexibility index (Phi) is 2.87. The van der Waals surface area contributed by atoms with Crippen molar-refractivity contribution in [3.63, 3.8) is 0 Å². The zero-order valence-corrected chi connectivity index (χ0v) is 9.65. The topological polar surface area (TPSA) is 62.5 Å². The lowest BCUT2D eigenvalue weighted by Gasteiger charge is -2.08. The van der Waals surface area contributed by atoms with Gasteiger partial charge in [-0.2, -0.15) is 0 Å². The van der Waals surface area contributed by atoms with Crippen molar-refractivity contribution >= 4 is 11.6 Å². The molecule has 0 aliphatic heterocycles. The number of aryl methyl sites for hydroxylation is 1. The summed E-state index contributed by atoms with van der Waals surface area (Å²) in [6.07, 6.45) is 1.47. The van der Waals surface area contributed by atoms with Gasteiger partial charge < -0.3 is 14.8 Å². The van der Waals surface area contributed by atoms with Crippen LogP contribution < -0.4 is 5.32 Å². The van der Waals surface area contributed by atoms with E-state index in [4.69, 9.17) is 4.42 Å². The van der Waals surface area contributed by atoms with E-state index in [0.717, 1.165) is 0 Å². The summed E-state index contributed by atoms with van der Waals surface area (Å²) in [6.45, 7) is 3.47. The van der Waals surface area contributed by atoms with E-state index in [9.17, 15) is 9.90 Å². The van der Waals surface area contributed by atoms with Gasteiger partial charge in [-0.05, 0) is 32.0 Å². The minimum Gasteiger partial charge on any atom is -0.508 e. The summed E-state index contributed by atoms with van der Waals surface area (Å²) in [5.74, 6) is 0.483. The molecule has 0 saturated carbocycles. The lowest BCUT2D eigenvalue weighted by atomic mass is 10.1. The van der Waals surface area contributed by atoms with Gasteiger partial charge in [0.2, 0.25) is 0 Å². The maximum Gasteiger partial charge on any atom is 0.259 e. The Labute approximate surface area is 98.9 Å². The van der Waals surface area contributed by atoms with Gasteiger partial charge in [0, 0.05) is 11.3 Å². The van der Waals surface area contributed by atoms with Gasteiger partial charge in [0.1, 0.15) is 11.5 Å². The summed E-state index contributed by atoms with van der Waals surface area (Å²) in [7, 11) is 0. The van der Waals surface area contributed by atoms with Crippen LogP contribution in [-0.2, 0) is 0 Å². The van der Waals surface area contributed by atoms with Gasteiger partial charge in [-0.3, -0.25) is 4.79 Å². The van der Waals surface area contributed by atoms with Gasteiger partial charge in [-0.25, -0.2) is 0 Å². The largest absolute Gasteiger partial charge is 0.508 e. The molecule has 0 radical (unpaired) electrons. The number of aromatic hydroxyl groups is 1. The van der Waals surface area contributed by atoms with Gasteiger partial charge in [0.05, 0.1) is 11.8 Å². The third kappa shape index (κ3) is 2.15. The van der Waals surface area contributed by atoms with Crippen molar-refractivity contribution in [1.82, 2.24) is 0 Å². The third-order valence-corrected chi connectivity index (χ3v) is 2.66. The molecule has 4 heteroatoms. The van der Waals surface area contributed by atoms with E-state index in [1.54, 1.807) is 38.1 Å². The molecule has 2 rings (SSSR count). The van der Waals surface area contributed by atoms with Gasteiger partial charge in [-0.1, -0.05) is 6.07 Å². The summed E-state index contributed by atoms with van der Waals surface area (Å²) in [4.78, 5) is 11.9. The monoisotopic (exact) mass is 231 g/mol. The summed E-state index contributed by atoms with van der Waals surface area (Å²) >= 11 is 0. The van der Waals surface area contributed by atoms with Crippen molar-refractivity contribution in [3.8, 4) is 5.75 Å². The summed E-state index contributed by atoms with van der Waals surface area (Å²) in [5, 5.41) is 12.3. The fourth-order valence-corrected chi connectivity index (χ4v) is 1.57. The molecule has 2 N–H and O–H groups in total. The lowest BCUT2D eigenvalue weighted by molar-refractivity contribution is 0.102. The maximum absolute atomic E-state index is 11.9. The molecular weight excluding hydrogens is 218 g/mol. The summed E-state index contributed by atoms with van der Waals surface area (Å²) in [5.41, 5.74) is 1.73. The highest BCUT2D eigenvalue weighted by Gasteiger charge is 2.13. The first-order valence-electron chi connectivity index (χ1n) is 5.23. The Balaban J connectivity index is 2.25. The molecule has 1 aromatic carbocycles. The number of furan rings is 1. The molecule has 1 heterocycles. The molecule has 88 valence electrons. The second kappa shape index (κ2) is 4.33. The number of carbonyl (C=O) groups is 1. The first-order chi connectivity index (χ1) is 8.09. The molecule has 0 spiro atoms. The van der Waals surface area contributed by atoms with Crippen molar-refractivity contribution in [2.45, 2.75) is 13.8 Å². The van der Waals surface area contributed by atoms with Crippen molar-refractivity contribution in [3.05, 3.63) is 47.4 Å². The normalized spacial score (nSPS) is 10.2. The SMILES string of the molecule is Cc1occc1C(=O)Nc1cccc(O)c1C. The zero-order valence-electron chi connectivity index (χ0n) is 9.65. The lowest BCUT2D eigenvalue weighted by Crippen LogP contribution is -2.12. The zero-order chi connectivity index (χ0) is 12.4. The molecule has 0 aliphatic rings. The van der Waals surface area contributed by atoms with Gasteiger partial charge in [-0.15, -0.1) is 0 Å². The van der Waals surface area contributed by atoms with Gasteiger partial charge in [0.25, 0.3) is 5.91 Å². The summed E-state index contributed by atoms with van der Waals surface area (Å²) < 4.78 is 5.07. The van der Waals surface area contributed by atoms with Crippen molar-refractivity contribution in [1.29, 1.82) is 0 Å². The standard InChI is InChI=1S/C13H13NO3/c1-8-11(4-3-5-12(8)15)14-13(16)10-6-7-17-9(10)2/h3-7,15H,1-2H3,(H,14,16). The highest BCUT2D eigenvalue weighted by atomic mass is 16.3. The van der Waals surface area contributed by atoms with Crippen LogP contribution in [0.1, 0.15) is 21.7 Å². The van der Waals surface area contributed by atoms with E-state index in [2.05, 4.69) is 5.32 Å². The average Bonchev–Trinajstić information content (AvgIpc) is 2.71. The van der Waals surface area contributed by atoms with E-state index >= 15 is 0 Å². The molecule has 4 nitrogen and oxygen atoms in total. The number of hydrogen-bond donors (Lipinski definition) is 2. The summed E-state index contributed by atoms with van der Waals surface area (Å²) in [6, 6.07) is 6.61. The van der Waals surface area contributed by atoms with E-state index in [0.29, 0.717) is 22.6 Å². The quantitative estimate of drug-likeness (QED) is 0.835. The van der Waals surface area contributed by atoms with Crippen LogP contribution in [0.5, 0.6) is 5.75 Å². The van der Waals surface area contributed by atoms with Crippen LogP contribution in [0.4, 0.5) is 5.69 Å². The van der Waals surface area contributed by atoms with Crippen LogP contribution in [0, 0.1) is 13.8 Å². The number of rotatable bonds is 2. The van der Waals surface area contributed by atoms with E-state index in [1.165, 1.54) is 6.26 Å². The number of carbonyl (C=O) groups excluding carboxylic acids is 1. The molecule has 1 amide bonds. The van der Waals surface area contributed by atoms with Crippen LogP contribution in [0.15, 0.2) is 34.9 Å². The fraction of sp³-hybridized carbons (Fsp3) is 0.154. The predicted molar refractivity (Wildman–Crippen MR) is 64.2 cm³/mol. The molecule has 0 unspecified atom stereocenters. The van der Waals surface area contributed by atoms with Crippen molar-refractivity contribution in [2.75, 3.05) is 5.32 Å². The molecule has 0 fully saturated rings. The molecule has 1 aromatic heterocycles. The Morgan fingerprint density at radius 1 is 1.29 bits per heavy atom. The molecule has 17 heavy (non-hydrogen) atoms. The number of anilines is 1. The number of benzene rings is 1. The number of phenols is 1. The molecule has 2 aromatic rings. The molecule has 0 saturated heterocycles. The Bertz CT molecular complexity index is 558. The molecular formula is C13H13NO3. The first-order valence-corrected chi connectivity index (χ1v) is 5.23.